The third-order valence-corrected chi connectivity index (χ3v) is 3.16. The van der Waals surface area contributed by atoms with Gasteiger partial charge in [0, 0.05) is 13.7 Å². The van der Waals surface area contributed by atoms with Crippen LogP contribution < -0.4 is 0 Å². The summed E-state index contributed by atoms with van der Waals surface area (Å²) in [6, 6.07) is 0. The second-order valence-corrected chi connectivity index (χ2v) is 6.26. The van der Waals surface area contributed by atoms with Gasteiger partial charge in [0.05, 0.1) is 18.1 Å². The van der Waals surface area contributed by atoms with Gasteiger partial charge in [-0.15, -0.1) is 0 Å². The number of ether oxygens (including phenoxy) is 2. The molecule has 110 valence electrons. The number of nitrogens with zero attached hydrogens (tertiary/aromatic N) is 1. The van der Waals surface area contributed by atoms with Gasteiger partial charge in [-0.05, 0) is 34.1 Å². The number of methoxy groups -OCH3 is 1. The molecular formula is C13H23NO5. The number of likely N-dealkylation sites (tertiary alicyclic amines) is 1. The predicted molar refractivity (Wildman–Crippen MR) is 69.0 cm³/mol. The lowest BCUT2D eigenvalue weighted by Gasteiger charge is -2.35. The summed E-state index contributed by atoms with van der Waals surface area (Å²) in [5, 5.41) is 9.13. The van der Waals surface area contributed by atoms with E-state index in [1.807, 2.05) is 6.92 Å². The normalized spacial score (nSPS) is 27.4. The van der Waals surface area contributed by atoms with E-state index in [1.165, 1.54) is 12.0 Å². The topological polar surface area (TPSA) is 76.1 Å². The van der Waals surface area contributed by atoms with E-state index in [2.05, 4.69) is 0 Å². The summed E-state index contributed by atoms with van der Waals surface area (Å²) in [6.45, 7) is 7.61. The Labute approximate surface area is 113 Å². The molecule has 0 aromatic rings. The molecule has 1 rings (SSSR count). The van der Waals surface area contributed by atoms with E-state index >= 15 is 0 Å². The fraction of sp³-hybridized carbons (Fsp3) is 0.846. The lowest BCUT2D eigenvalue weighted by molar-refractivity contribution is -0.141. The van der Waals surface area contributed by atoms with Gasteiger partial charge in [0.1, 0.15) is 5.60 Å². The fourth-order valence-corrected chi connectivity index (χ4v) is 2.37. The highest BCUT2D eigenvalue weighted by Crippen LogP contribution is 2.34. The fourth-order valence-electron chi connectivity index (χ4n) is 2.37. The van der Waals surface area contributed by atoms with Crippen molar-refractivity contribution in [2.45, 2.75) is 45.3 Å². The molecule has 1 heterocycles. The molecule has 0 saturated carbocycles. The molecule has 1 saturated heterocycles. The van der Waals surface area contributed by atoms with E-state index in [9.17, 15) is 9.59 Å². The Bertz CT molecular complexity index is 363. The molecule has 1 aliphatic heterocycles. The minimum absolute atomic E-state index is 0.157. The summed E-state index contributed by atoms with van der Waals surface area (Å²) in [6.07, 6.45) is -0.120. The van der Waals surface area contributed by atoms with Crippen LogP contribution in [0.3, 0.4) is 0 Å². The summed E-state index contributed by atoms with van der Waals surface area (Å²) < 4.78 is 10.5. The monoisotopic (exact) mass is 273 g/mol. The second-order valence-electron chi connectivity index (χ2n) is 6.26. The van der Waals surface area contributed by atoms with E-state index in [0.717, 1.165) is 0 Å². The summed E-state index contributed by atoms with van der Waals surface area (Å²) in [4.78, 5) is 24.8. The number of aliphatic carboxylic acids is 1. The van der Waals surface area contributed by atoms with Gasteiger partial charge in [0.2, 0.25) is 0 Å². The molecule has 0 radical (unpaired) electrons. The minimum atomic E-state index is -0.895. The van der Waals surface area contributed by atoms with Crippen molar-refractivity contribution in [3.05, 3.63) is 0 Å². The second kappa shape index (κ2) is 5.36. The van der Waals surface area contributed by atoms with Crippen molar-refractivity contribution >= 4 is 12.1 Å². The van der Waals surface area contributed by atoms with Crippen LogP contribution >= 0.6 is 0 Å². The third kappa shape index (κ3) is 3.83. The maximum absolute atomic E-state index is 12.2. The molecule has 1 amide bonds. The first-order valence-corrected chi connectivity index (χ1v) is 6.31. The van der Waals surface area contributed by atoms with Crippen molar-refractivity contribution in [2.24, 2.45) is 5.92 Å². The predicted octanol–water partition coefficient (Wildman–Crippen LogP) is 1.73. The number of hydrogen-bond donors (Lipinski definition) is 1. The molecule has 2 unspecified atom stereocenters. The molecule has 0 spiro atoms. The van der Waals surface area contributed by atoms with Crippen molar-refractivity contribution in [3.63, 3.8) is 0 Å². The molecule has 0 aromatic heterocycles. The molecule has 6 heteroatoms. The van der Waals surface area contributed by atoms with Gasteiger partial charge in [-0.25, -0.2) is 4.79 Å². The molecule has 1 fully saturated rings. The number of amides is 1. The van der Waals surface area contributed by atoms with Gasteiger partial charge in [0.15, 0.2) is 0 Å². The van der Waals surface area contributed by atoms with Crippen LogP contribution in [0, 0.1) is 5.92 Å². The molecule has 0 bridgehead atoms. The Morgan fingerprint density at radius 3 is 2.42 bits per heavy atom. The number of rotatable bonds is 3. The molecule has 1 aliphatic rings. The van der Waals surface area contributed by atoms with Crippen molar-refractivity contribution in [3.8, 4) is 0 Å². The summed E-state index contributed by atoms with van der Waals surface area (Å²) >= 11 is 0. The van der Waals surface area contributed by atoms with Crippen LogP contribution in [0.2, 0.25) is 0 Å². The van der Waals surface area contributed by atoms with E-state index in [0.29, 0.717) is 6.42 Å². The highest BCUT2D eigenvalue weighted by atomic mass is 16.6. The Kier molecular flexibility index (Phi) is 4.45. The minimum Gasteiger partial charge on any atom is -0.481 e. The maximum atomic E-state index is 12.2. The molecular weight excluding hydrogens is 250 g/mol. The number of carboxylic acids is 1. The number of carbonyl (C=O) groups is 2. The smallest absolute Gasteiger partial charge is 0.410 e. The zero-order valence-electron chi connectivity index (χ0n) is 12.2. The van der Waals surface area contributed by atoms with Crippen molar-refractivity contribution in [1.29, 1.82) is 0 Å². The summed E-state index contributed by atoms with van der Waals surface area (Å²) in [5.41, 5.74) is -1.24. The van der Waals surface area contributed by atoms with Gasteiger partial charge in [-0.1, -0.05) is 0 Å². The average Bonchev–Trinajstić information content (AvgIpc) is 2.54. The molecule has 0 aromatic carbocycles. The van der Waals surface area contributed by atoms with E-state index in [4.69, 9.17) is 14.6 Å². The quantitative estimate of drug-likeness (QED) is 0.847. The first kappa shape index (κ1) is 15.8. The van der Waals surface area contributed by atoms with Crippen molar-refractivity contribution < 1.29 is 24.2 Å². The van der Waals surface area contributed by atoms with Crippen LogP contribution in [0.5, 0.6) is 0 Å². The van der Waals surface area contributed by atoms with Crippen LogP contribution in [0.15, 0.2) is 0 Å². The largest absolute Gasteiger partial charge is 0.481 e. The number of carbonyl (C=O) groups excluding carboxylic acids is 1. The summed E-state index contributed by atoms with van der Waals surface area (Å²) in [5.74, 6) is -1.47. The van der Waals surface area contributed by atoms with Gasteiger partial charge < -0.3 is 14.6 Å². The highest BCUT2D eigenvalue weighted by molar-refractivity contribution is 5.75. The van der Waals surface area contributed by atoms with Crippen LogP contribution in [0.25, 0.3) is 0 Å². The zero-order valence-corrected chi connectivity index (χ0v) is 12.2. The highest BCUT2D eigenvalue weighted by Gasteiger charge is 2.48. The Morgan fingerprint density at radius 2 is 2.00 bits per heavy atom. The molecule has 19 heavy (non-hydrogen) atoms. The van der Waals surface area contributed by atoms with E-state index in [-0.39, 0.29) is 13.2 Å². The lowest BCUT2D eigenvalue weighted by atomic mass is 9.95. The first-order chi connectivity index (χ1) is 8.59. The Balaban J connectivity index is 2.89. The van der Waals surface area contributed by atoms with E-state index < -0.39 is 29.1 Å². The van der Waals surface area contributed by atoms with E-state index in [1.54, 1.807) is 20.8 Å². The van der Waals surface area contributed by atoms with Crippen LogP contribution in [-0.4, -0.2) is 53.5 Å². The van der Waals surface area contributed by atoms with Crippen LogP contribution in [-0.2, 0) is 14.3 Å². The molecule has 2 atom stereocenters. The van der Waals surface area contributed by atoms with Crippen LogP contribution in [0.1, 0.15) is 34.1 Å². The van der Waals surface area contributed by atoms with Crippen molar-refractivity contribution in [2.75, 3.05) is 20.3 Å². The maximum Gasteiger partial charge on any atom is 0.410 e. The third-order valence-electron chi connectivity index (χ3n) is 3.16. The Morgan fingerprint density at radius 1 is 1.42 bits per heavy atom. The van der Waals surface area contributed by atoms with Gasteiger partial charge in [0.25, 0.3) is 0 Å². The summed E-state index contributed by atoms with van der Waals surface area (Å²) in [7, 11) is 1.53. The van der Waals surface area contributed by atoms with Crippen LogP contribution in [0.4, 0.5) is 4.79 Å². The van der Waals surface area contributed by atoms with Gasteiger partial charge in [-0.3, -0.25) is 9.69 Å². The molecule has 6 nitrogen and oxygen atoms in total. The lowest BCUT2D eigenvalue weighted by Crippen LogP contribution is -2.49. The van der Waals surface area contributed by atoms with Crippen molar-refractivity contribution in [1.82, 2.24) is 4.90 Å². The average molecular weight is 273 g/mol. The standard InChI is InChI=1S/C13H23NO5/c1-12(2,3)19-11(17)14-7-9(10(15)16)6-13(14,4)8-18-5/h9H,6-8H2,1-5H3,(H,15,16). The zero-order chi connectivity index (χ0) is 14.8. The van der Waals surface area contributed by atoms with Gasteiger partial charge in [-0.2, -0.15) is 0 Å². The SMILES string of the molecule is COCC1(C)CC(C(=O)O)CN1C(=O)OC(C)(C)C. The molecule has 1 N–H and O–H groups in total. The molecule has 0 aliphatic carbocycles. The Hall–Kier alpha value is -1.30. The first-order valence-electron chi connectivity index (χ1n) is 6.31. The number of hydrogen-bond acceptors (Lipinski definition) is 4. The number of carboxylic acid groups (broad SMARTS) is 1. The van der Waals surface area contributed by atoms with Gasteiger partial charge >= 0.3 is 12.1 Å².